The van der Waals surface area contributed by atoms with E-state index < -0.39 is 0 Å². The van der Waals surface area contributed by atoms with E-state index in [2.05, 4.69) is 58.8 Å². The van der Waals surface area contributed by atoms with Gasteiger partial charge in [-0.15, -0.1) is 11.6 Å². The molecule has 7 rings (SSSR count). The summed E-state index contributed by atoms with van der Waals surface area (Å²) in [5.74, 6) is 0.702. The number of anilines is 2. The Morgan fingerprint density at radius 1 is 1.00 bits per heavy atom. The molecule has 1 amide bonds. The number of hydrogen-bond acceptors (Lipinski definition) is 3. The minimum Gasteiger partial charge on any atom is -0.507 e. The lowest BCUT2D eigenvalue weighted by Crippen LogP contribution is -2.34. The molecule has 0 spiro atoms. The Morgan fingerprint density at radius 3 is 2.70 bits per heavy atom. The zero-order valence-electron chi connectivity index (χ0n) is 20.9. The van der Waals surface area contributed by atoms with Gasteiger partial charge in [0.05, 0.1) is 5.92 Å². The van der Waals surface area contributed by atoms with Crippen LogP contribution in [0, 0.1) is 0 Å². The number of alkyl halides is 1. The third kappa shape index (κ3) is 3.68. The topological polar surface area (TPSA) is 52.6 Å². The molecule has 188 valence electrons. The smallest absolute Gasteiger partial charge is 0.232 e. The first-order chi connectivity index (χ1) is 18.1. The summed E-state index contributed by atoms with van der Waals surface area (Å²) in [6.07, 6.45) is 7.93. The Labute approximate surface area is 223 Å². The van der Waals surface area contributed by atoms with E-state index in [1.807, 2.05) is 6.07 Å². The molecule has 2 unspecified atom stereocenters. The van der Waals surface area contributed by atoms with Crippen molar-refractivity contribution in [3.63, 3.8) is 0 Å². The van der Waals surface area contributed by atoms with Crippen LogP contribution in [0.4, 0.5) is 11.4 Å². The predicted octanol–water partition coefficient (Wildman–Crippen LogP) is 6.33. The van der Waals surface area contributed by atoms with Gasteiger partial charge >= 0.3 is 0 Å². The maximum atomic E-state index is 13.5. The van der Waals surface area contributed by atoms with Crippen molar-refractivity contribution >= 4 is 35.0 Å². The van der Waals surface area contributed by atoms with E-state index in [1.54, 1.807) is 0 Å². The number of hydrogen-bond donors (Lipinski definition) is 2. The summed E-state index contributed by atoms with van der Waals surface area (Å²) >= 11 is 6.04. The number of aromatic hydroxyl groups is 1. The highest BCUT2D eigenvalue weighted by Gasteiger charge is 2.42. The number of phenols is 1. The highest BCUT2D eigenvalue weighted by molar-refractivity contribution is 6.18. The number of allylic oxidation sites excluding steroid dienone is 1. The summed E-state index contributed by atoms with van der Waals surface area (Å²) in [4.78, 5) is 15.9. The molecule has 4 aliphatic rings. The van der Waals surface area contributed by atoms with Crippen LogP contribution in [-0.2, 0) is 30.5 Å². The first kappa shape index (κ1) is 22.9. The van der Waals surface area contributed by atoms with Crippen LogP contribution < -0.4 is 10.2 Å². The van der Waals surface area contributed by atoms with Crippen LogP contribution >= 0.6 is 11.6 Å². The zero-order valence-corrected chi connectivity index (χ0v) is 21.7. The van der Waals surface area contributed by atoms with Crippen molar-refractivity contribution in [1.82, 2.24) is 0 Å². The number of halogens is 1. The molecule has 3 aromatic carbocycles. The molecule has 0 radical (unpaired) electrons. The SMILES string of the molecule is O=C1Nc2ccc(CCCl)cc2C1C1C(Cc2cc3c4c(c2O)CCCN4CCC3)=Cc2ccccc21. The quantitative estimate of drug-likeness (QED) is 0.394. The normalized spacial score (nSPS) is 21.3. The first-order valence-electron chi connectivity index (χ1n) is 13.5. The third-order valence-electron chi connectivity index (χ3n) is 8.75. The Hall–Kier alpha value is -3.24. The maximum absolute atomic E-state index is 13.5. The van der Waals surface area contributed by atoms with E-state index in [0.717, 1.165) is 73.1 Å². The molecule has 3 aromatic rings. The maximum Gasteiger partial charge on any atom is 0.232 e. The Kier molecular flexibility index (Phi) is 5.54. The lowest BCUT2D eigenvalue weighted by Gasteiger charge is -2.37. The van der Waals surface area contributed by atoms with Gasteiger partial charge in [-0.2, -0.15) is 0 Å². The molecule has 3 heterocycles. The molecule has 0 fully saturated rings. The molecule has 4 nitrogen and oxygen atoms in total. The summed E-state index contributed by atoms with van der Waals surface area (Å²) in [6.45, 7) is 2.17. The van der Waals surface area contributed by atoms with E-state index in [0.29, 0.717) is 18.1 Å². The molecule has 2 N–H and O–H groups in total. The molecule has 1 aliphatic carbocycles. The molecule has 0 saturated carbocycles. The zero-order chi connectivity index (χ0) is 25.1. The van der Waals surface area contributed by atoms with E-state index in [1.165, 1.54) is 28.0 Å². The fourth-order valence-corrected chi connectivity index (χ4v) is 7.38. The second kappa shape index (κ2) is 8.95. The van der Waals surface area contributed by atoms with Gasteiger partial charge in [0.2, 0.25) is 5.91 Å². The standard InChI is InChI=1S/C32H31ClN2O2/c33-12-11-19-9-10-27-26(15-19)29(32(37)34-27)28-22(16-20-5-1-2-7-24(20)28)18-23-17-21-6-3-13-35-14-4-8-25(30(21)35)31(23)36/h1-2,5,7,9-10,15-17,28-29,36H,3-4,6,8,11-14,18H2,(H,34,37). The molecule has 0 saturated heterocycles. The average Bonchev–Trinajstić information content (AvgIpc) is 3.42. The summed E-state index contributed by atoms with van der Waals surface area (Å²) < 4.78 is 0. The van der Waals surface area contributed by atoms with E-state index in [9.17, 15) is 9.90 Å². The average molecular weight is 511 g/mol. The minimum absolute atomic E-state index is 0.0472. The van der Waals surface area contributed by atoms with Crippen LogP contribution in [0.3, 0.4) is 0 Å². The number of carbonyl (C=O) groups excluding carboxylic acids is 1. The van der Waals surface area contributed by atoms with Gasteiger partial charge in [0.1, 0.15) is 5.75 Å². The molecular weight excluding hydrogens is 480 g/mol. The summed E-state index contributed by atoms with van der Waals surface area (Å²) in [7, 11) is 0. The van der Waals surface area contributed by atoms with Crippen LogP contribution in [-0.4, -0.2) is 30.0 Å². The fraction of sp³-hybridized carbons (Fsp3) is 0.344. The largest absolute Gasteiger partial charge is 0.507 e. The van der Waals surface area contributed by atoms with Crippen molar-refractivity contribution in [1.29, 1.82) is 0 Å². The molecule has 2 atom stereocenters. The van der Waals surface area contributed by atoms with Crippen molar-refractivity contribution in [3.05, 3.63) is 93.0 Å². The van der Waals surface area contributed by atoms with Crippen LogP contribution in [0.15, 0.2) is 54.1 Å². The summed E-state index contributed by atoms with van der Waals surface area (Å²) in [5.41, 5.74) is 11.5. The number of rotatable bonds is 5. The number of amides is 1. The Bertz CT molecular complexity index is 1460. The lowest BCUT2D eigenvalue weighted by atomic mass is 9.77. The van der Waals surface area contributed by atoms with E-state index in [-0.39, 0.29) is 17.7 Å². The summed E-state index contributed by atoms with van der Waals surface area (Å²) in [6, 6.07) is 16.9. The van der Waals surface area contributed by atoms with Gasteiger partial charge in [-0.1, -0.05) is 48.0 Å². The molecule has 3 aliphatic heterocycles. The Balaban J connectivity index is 1.31. The molecule has 0 bridgehead atoms. The van der Waals surface area contributed by atoms with Crippen LogP contribution in [0.2, 0.25) is 0 Å². The first-order valence-corrected chi connectivity index (χ1v) is 14.1. The van der Waals surface area contributed by atoms with Crippen molar-refractivity contribution in [2.24, 2.45) is 0 Å². The van der Waals surface area contributed by atoms with Crippen molar-refractivity contribution in [2.75, 3.05) is 29.2 Å². The second-order valence-electron chi connectivity index (χ2n) is 10.9. The van der Waals surface area contributed by atoms with Crippen LogP contribution in [0.5, 0.6) is 5.75 Å². The van der Waals surface area contributed by atoms with Gasteiger partial charge in [0, 0.05) is 41.8 Å². The monoisotopic (exact) mass is 510 g/mol. The Morgan fingerprint density at radius 2 is 1.84 bits per heavy atom. The van der Waals surface area contributed by atoms with Crippen molar-refractivity contribution < 1.29 is 9.90 Å². The number of benzene rings is 3. The van der Waals surface area contributed by atoms with Crippen LogP contribution in [0.1, 0.15) is 63.6 Å². The molecule has 0 aromatic heterocycles. The number of nitrogens with zero attached hydrogens (tertiary/aromatic N) is 1. The number of fused-ring (bicyclic) bond motifs is 2. The molecule has 5 heteroatoms. The fourth-order valence-electron chi connectivity index (χ4n) is 7.17. The van der Waals surface area contributed by atoms with E-state index in [4.69, 9.17) is 11.6 Å². The second-order valence-corrected chi connectivity index (χ2v) is 11.3. The summed E-state index contributed by atoms with van der Waals surface area (Å²) in [5, 5.41) is 14.6. The van der Waals surface area contributed by atoms with Crippen molar-refractivity contribution in [2.45, 2.75) is 50.4 Å². The van der Waals surface area contributed by atoms with Gasteiger partial charge in [0.15, 0.2) is 0 Å². The van der Waals surface area contributed by atoms with Gasteiger partial charge in [-0.3, -0.25) is 4.79 Å². The highest BCUT2D eigenvalue weighted by atomic mass is 35.5. The van der Waals surface area contributed by atoms with Crippen molar-refractivity contribution in [3.8, 4) is 5.75 Å². The number of nitrogens with one attached hydrogen (secondary N) is 1. The number of phenolic OH excluding ortho intramolecular Hbond substituents is 1. The van der Waals surface area contributed by atoms with Gasteiger partial charge in [0.25, 0.3) is 0 Å². The highest BCUT2D eigenvalue weighted by Crippen LogP contribution is 2.52. The number of carbonyl (C=O) groups is 1. The number of aryl methyl sites for hydroxylation is 2. The third-order valence-corrected chi connectivity index (χ3v) is 8.94. The lowest BCUT2D eigenvalue weighted by molar-refractivity contribution is -0.117. The van der Waals surface area contributed by atoms with Crippen LogP contribution in [0.25, 0.3) is 6.08 Å². The predicted molar refractivity (Wildman–Crippen MR) is 150 cm³/mol. The van der Waals surface area contributed by atoms with Gasteiger partial charge in [-0.05, 0) is 84.0 Å². The van der Waals surface area contributed by atoms with Gasteiger partial charge in [-0.25, -0.2) is 0 Å². The molecule has 37 heavy (non-hydrogen) atoms. The molecular formula is C32H31ClN2O2. The minimum atomic E-state index is -0.297. The van der Waals surface area contributed by atoms with E-state index >= 15 is 0 Å². The van der Waals surface area contributed by atoms with Gasteiger partial charge < -0.3 is 15.3 Å².